The van der Waals surface area contributed by atoms with E-state index in [0.717, 1.165) is 36.2 Å². The fourth-order valence-electron chi connectivity index (χ4n) is 3.55. The van der Waals surface area contributed by atoms with Crippen LogP contribution in [0.4, 0.5) is 5.82 Å². The van der Waals surface area contributed by atoms with Gasteiger partial charge in [-0.2, -0.15) is 0 Å². The van der Waals surface area contributed by atoms with Crippen molar-refractivity contribution in [3.63, 3.8) is 0 Å². The number of aromatic nitrogens is 1. The van der Waals surface area contributed by atoms with Crippen LogP contribution in [0, 0.1) is 11.8 Å². The van der Waals surface area contributed by atoms with Crippen LogP contribution in [0.5, 0.6) is 0 Å². The van der Waals surface area contributed by atoms with Crippen LogP contribution in [0.3, 0.4) is 0 Å². The van der Waals surface area contributed by atoms with Crippen LogP contribution in [0.15, 0.2) is 18.3 Å². The first-order valence-electron chi connectivity index (χ1n) is 8.74. The lowest BCUT2D eigenvalue weighted by molar-refractivity contribution is 0.00578. The summed E-state index contributed by atoms with van der Waals surface area (Å²) in [5.41, 5.74) is 0.368. The van der Waals surface area contributed by atoms with Crippen LogP contribution >= 0.6 is 0 Å². The molecule has 0 bridgehead atoms. The molecule has 0 aliphatic carbocycles. The quantitative estimate of drug-likeness (QED) is 0.786. The Morgan fingerprint density at radius 1 is 1.04 bits per heavy atom. The molecule has 0 saturated carbocycles. The molecule has 0 N–H and O–H groups in total. The molecular weight excluding hydrogens is 287 g/mol. The minimum absolute atomic E-state index is 0.311. The smallest absolute Gasteiger partial charge is 0.399 e. The van der Waals surface area contributed by atoms with Crippen molar-refractivity contribution in [3.05, 3.63) is 18.3 Å². The van der Waals surface area contributed by atoms with E-state index in [-0.39, 0.29) is 18.3 Å². The van der Waals surface area contributed by atoms with Crippen molar-refractivity contribution in [2.24, 2.45) is 11.8 Å². The Morgan fingerprint density at radius 2 is 1.61 bits per heavy atom. The lowest BCUT2D eigenvalue weighted by Crippen LogP contribution is -2.41. The predicted octanol–water partition coefficient (Wildman–Crippen LogP) is 2.86. The maximum absolute atomic E-state index is 6.09. The zero-order valence-electron chi connectivity index (χ0n) is 15.3. The Hall–Kier alpha value is -1.07. The second kappa shape index (κ2) is 5.78. The average molecular weight is 316 g/mol. The van der Waals surface area contributed by atoms with Crippen LogP contribution < -0.4 is 10.4 Å². The summed E-state index contributed by atoms with van der Waals surface area (Å²) < 4.78 is 12.2. The van der Waals surface area contributed by atoms with Gasteiger partial charge in [0.05, 0.1) is 11.2 Å². The molecule has 3 heterocycles. The van der Waals surface area contributed by atoms with E-state index in [2.05, 4.69) is 63.6 Å². The van der Waals surface area contributed by atoms with E-state index < -0.39 is 0 Å². The fourth-order valence-corrected chi connectivity index (χ4v) is 3.55. The molecule has 126 valence electrons. The van der Waals surface area contributed by atoms with Crippen molar-refractivity contribution in [3.8, 4) is 0 Å². The zero-order chi connectivity index (χ0) is 16.8. The second-order valence-electron chi connectivity index (χ2n) is 8.39. The molecule has 0 radical (unpaired) electrons. The summed E-state index contributed by atoms with van der Waals surface area (Å²) in [4.78, 5) is 7.07. The van der Waals surface area contributed by atoms with Crippen molar-refractivity contribution in [2.45, 2.75) is 59.2 Å². The topological polar surface area (TPSA) is 34.6 Å². The standard InChI is InChI=1S/C18H29BN2O2/c1-13-9-14(2)12-21(11-13)16-8-7-15(10-20-16)19-22-17(3,4)18(5,6)23-19/h7-8,10,13-14H,9,11-12H2,1-6H3. The third-order valence-electron chi connectivity index (χ3n) is 5.49. The first-order chi connectivity index (χ1) is 10.7. The van der Waals surface area contributed by atoms with Crippen molar-refractivity contribution in [1.82, 2.24) is 4.98 Å². The molecule has 1 aromatic rings. The summed E-state index contributed by atoms with van der Waals surface area (Å²) in [7, 11) is -0.333. The largest absolute Gasteiger partial charge is 0.496 e. The molecule has 2 fully saturated rings. The van der Waals surface area contributed by atoms with E-state index in [1.165, 1.54) is 6.42 Å². The van der Waals surface area contributed by atoms with E-state index in [9.17, 15) is 0 Å². The number of hydrogen-bond donors (Lipinski definition) is 0. The zero-order valence-corrected chi connectivity index (χ0v) is 15.3. The summed E-state index contributed by atoms with van der Waals surface area (Å²) in [6, 6.07) is 4.19. The van der Waals surface area contributed by atoms with Gasteiger partial charge in [-0.1, -0.05) is 19.9 Å². The normalized spacial score (nSPS) is 29.8. The lowest BCUT2D eigenvalue weighted by Gasteiger charge is -2.35. The Balaban J connectivity index is 1.73. The minimum Gasteiger partial charge on any atom is -0.399 e. The molecule has 5 heteroatoms. The van der Waals surface area contributed by atoms with E-state index in [0.29, 0.717) is 0 Å². The predicted molar refractivity (Wildman–Crippen MR) is 95.1 cm³/mol. The number of piperidine rings is 1. The van der Waals surface area contributed by atoms with Crippen molar-refractivity contribution < 1.29 is 9.31 Å². The molecule has 2 aliphatic heterocycles. The Labute approximate surface area is 140 Å². The number of pyridine rings is 1. The van der Waals surface area contributed by atoms with Crippen LogP contribution in [-0.2, 0) is 9.31 Å². The molecule has 2 saturated heterocycles. The highest BCUT2D eigenvalue weighted by molar-refractivity contribution is 6.62. The van der Waals surface area contributed by atoms with Crippen molar-refractivity contribution >= 4 is 18.4 Å². The third kappa shape index (κ3) is 3.27. The molecule has 0 aromatic carbocycles. The van der Waals surface area contributed by atoms with Gasteiger partial charge >= 0.3 is 7.12 Å². The fraction of sp³-hybridized carbons (Fsp3) is 0.722. The summed E-state index contributed by atoms with van der Waals surface area (Å²) in [5, 5.41) is 0. The molecule has 0 spiro atoms. The molecule has 2 unspecified atom stereocenters. The average Bonchev–Trinajstić information content (AvgIpc) is 2.66. The van der Waals surface area contributed by atoms with Gasteiger partial charge in [0.15, 0.2) is 0 Å². The highest BCUT2D eigenvalue weighted by atomic mass is 16.7. The van der Waals surface area contributed by atoms with Gasteiger partial charge in [0.1, 0.15) is 5.82 Å². The highest BCUT2D eigenvalue weighted by Crippen LogP contribution is 2.36. The summed E-state index contributed by atoms with van der Waals surface area (Å²) in [6.07, 6.45) is 3.21. The second-order valence-corrected chi connectivity index (χ2v) is 8.39. The molecule has 4 nitrogen and oxygen atoms in total. The monoisotopic (exact) mass is 316 g/mol. The summed E-state index contributed by atoms with van der Waals surface area (Å²) >= 11 is 0. The number of nitrogens with zero attached hydrogens (tertiary/aromatic N) is 2. The molecule has 1 aromatic heterocycles. The Kier molecular flexibility index (Phi) is 4.22. The van der Waals surface area contributed by atoms with Crippen molar-refractivity contribution in [2.75, 3.05) is 18.0 Å². The Bertz CT molecular complexity index is 533. The molecule has 23 heavy (non-hydrogen) atoms. The summed E-state index contributed by atoms with van der Waals surface area (Å²) in [6.45, 7) is 15.1. The third-order valence-corrected chi connectivity index (χ3v) is 5.49. The van der Waals surface area contributed by atoms with Gasteiger partial charge in [-0.05, 0) is 52.0 Å². The molecule has 3 rings (SSSR count). The molecule has 2 aliphatic rings. The number of rotatable bonds is 2. The van der Waals surface area contributed by atoms with E-state index in [1.807, 2.05) is 6.20 Å². The minimum atomic E-state index is -0.333. The van der Waals surface area contributed by atoms with Gasteiger partial charge < -0.3 is 14.2 Å². The van der Waals surface area contributed by atoms with Crippen molar-refractivity contribution in [1.29, 1.82) is 0 Å². The first-order valence-corrected chi connectivity index (χ1v) is 8.74. The van der Waals surface area contributed by atoms with Gasteiger partial charge in [0.2, 0.25) is 0 Å². The van der Waals surface area contributed by atoms with E-state index >= 15 is 0 Å². The van der Waals surface area contributed by atoms with Crippen LogP contribution in [0.2, 0.25) is 0 Å². The number of anilines is 1. The SMILES string of the molecule is CC1CC(C)CN(c2ccc(B3OC(C)(C)C(C)(C)O3)cn2)C1. The number of hydrogen-bond acceptors (Lipinski definition) is 4. The van der Waals surface area contributed by atoms with Crippen LogP contribution in [-0.4, -0.2) is 36.4 Å². The van der Waals surface area contributed by atoms with E-state index in [4.69, 9.17) is 9.31 Å². The van der Waals surface area contributed by atoms with E-state index in [1.54, 1.807) is 0 Å². The Morgan fingerprint density at radius 3 is 2.09 bits per heavy atom. The van der Waals surface area contributed by atoms with Gasteiger partial charge in [0.25, 0.3) is 0 Å². The molecule has 0 amide bonds. The lowest BCUT2D eigenvalue weighted by atomic mass is 9.80. The van der Waals surface area contributed by atoms with Gasteiger partial charge in [-0.15, -0.1) is 0 Å². The summed E-state index contributed by atoms with van der Waals surface area (Å²) in [5.74, 6) is 2.51. The first kappa shape index (κ1) is 16.8. The van der Waals surface area contributed by atoms with Gasteiger partial charge in [0, 0.05) is 24.7 Å². The van der Waals surface area contributed by atoms with Gasteiger partial charge in [-0.3, -0.25) is 0 Å². The van der Waals surface area contributed by atoms with Crippen LogP contribution in [0.1, 0.15) is 48.0 Å². The highest BCUT2D eigenvalue weighted by Gasteiger charge is 2.51. The maximum Gasteiger partial charge on any atom is 0.496 e. The molecule has 2 atom stereocenters. The maximum atomic E-state index is 6.09. The molecular formula is C18H29BN2O2. The van der Waals surface area contributed by atoms with Gasteiger partial charge in [-0.25, -0.2) is 4.98 Å². The van der Waals surface area contributed by atoms with Crippen LogP contribution in [0.25, 0.3) is 0 Å².